The van der Waals surface area contributed by atoms with Gasteiger partial charge in [0.25, 0.3) is 0 Å². The number of nitrogens with one attached hydrogen (secondary N) is 1. The molecule has 7 heteroatoms. The number of pyridine rings is 1. The summed E-state index contributed by atoms with van der Waals surface area (Å²) in [6, 6.07) is 1.44. The summed E-state index contributed by atoms with van der Waals surface area (Å²) in [5.74, 6) is 0. The second-order valence-corrected chi connectivity index (χ2v) is 6.75. The molecule has 1 saturated carbocycles. The smallest absolute Gasteiger partial charge is 0.243 e. The number of hydrogen-bond donors (Lipinski definition) is 2. The van der Waals surface area contributed by atoms with Crippen molar-refractivity contribution in [1.82, 2.24) is 9.71 Å². The van der Waals surface area contributed by atoms with E-state index < -0.39 is 10.0 Å². The minimum absolute atomic E-state index is 0.00790. The highest BCUT2D eigenvalue weighted by atomic mass is 35.5. The van der Waals surface area contributed by atoms with E-state index in [1.54, 1.807) is 0 Å². The van der Waals surface area contributed by atoms with Crippen molar-refractivity contribution in [2.75, 3.05) is 13.2 Å². The van der Waals surface area contributed by atoms with Gasteiger partial charge in [-0.25, -0.2) is 13.1 Å². The first-order valence-electron chi connectivity index (χ1n) is 5.69. The molecule has 1 aromatic rings. The molecule has 0 aliphatic heterocycles. The summed E-state index contributed by atoms with van der Waals surface area (Å²) in [5.41, 5.74) is -0.0729. The summed E-state index contributed by atoms with van der Waals surface area (Å²) in [5, 5.41) is 9.08. The molecule has 0 unspecified atom stereocenters. The van der Waals surface area contributed by atoms with Crippen LogP contribution in [0.4, 0.5) is 0 Å². The van der Waals surface area contributed by atoms with Gasteiger partial charge in [0, 0.05) is 25.5 Å². The van der Waals surface area contributed by atoms with E-state index in [1.165, 1.54) is 18.5 Å². The van der Waals surface area contributed by atoms with Gasteiger partial charge in [-0.15, -0.1) is 0 Å². The maximum Gasteiger partial charge on any atom is 0.243 e. The Morgan fingerprint density at radius 3 is 2.78 bits per heavy atom. The van der Waals surface area contributed by atoms with E-state index in [1.807, 2.05) is 0 Å². The van der Waals surface area contributed by atoms with E-state index in [9.17, 15) is 8.42 Å². The SMILES string of the molecule is O=S(=O)(NCC1(CCO)CC1)c1cnccc1Cl. The number of nitrogens with zero attached hydrogens (tertiary/aromatic N) is 1. The van der Waals surface area contributed by atoms with E-state index in [4.69, 9.17) is 16.7 Å². The predicted molar refractivity (Wildman–Crippen MR) is 67.8 cm³/mol. The van der Waals surface area contributed by atoms with Crippen LogP contribution in [-0.2, 0) is 10.0 Å². The highest BCUT2D eigenvalue weighted by Crippen LogP contribution is 2.48. The number of hydrogen-bond acceptors (Lipinski definition) is 4. The fourth-order valence-electron chi connectivity index (χ4n) is 1.82. The molecule has 0 radical (unpaired) electrons. The van der Waals surface area contributed by atoms with E-state index in [0.29, 0.717) is 13.0 Å². The minimum atomic E-state index is -3.63. The lowest BCUT2D eigenvalue weighted by atomic mass is 10.0. The summed E-state index contributed by atoms with van der Waals surface area (Å²) in [6.45, 7) is 0.413. The molecule has 5 nitrogen and oxygen atoms in total. The highest BCUT2D eigenvalue weighted by molar-refractivity contribution is 7.89. The van der Waals surface area contributed by atoms with Crippen LogP contribution in [0.1, 0.15) is 19.3 Å². The third kappa shape index (κ3) is 3.00. The Morgan fingerprint density at radius 1 is 1.50 bits per heavy atom. The predicted octanol–water partition coefficient (Wildman–Crippen LogP) is 1.18. The molecule has 0 atom stereocenters. The molecule has 1 heterocycles. The largest absolute Gasteiger partial charge is 0.396 e. The van der Waals surface area contributed by atoms with Crippen molar-refractivity contribution >= 4 is 21.6 Å². The van der Waals surface area contributed by atoms with Crippen LogP contribution < -0.4 is 4.72 Å². The molecule has 2 rings (SSSR count). The van der Waals surface area contributed by atoms with Gasteiger partial charge in [0.05, 0.1) is 5.02 Å². The maximum atomic E-state index is 12.0. The average Bonchev–Trinajstić information content (AvgIpc) is 3.08. The molecule has 1 aliphatic rings. The number of aliphatic hydroxyl groups is 1. The van der Waals surface area contributed by atoms with Crippen molar-refractivity contribution in [2.45, 2.75) is 24.2 Å². The zero-order valence-corrected chi connectivity index (χ0v) is 11.3. The Kier molecular flexibility index (Phi) is 3.91. The van der Waals surface area contributed by atoms with Gasteiger partial charge >= 0.3 is 0 Å². The van der Waals surface area contributed by atoms with Crippen LogP contribution in [0.25, 0.3) is 0 Å². The van der Waals surface area contributed by atoms with Crippen LogP contribution in [0.5, 0.6) is 0 Å². The second kappa shape index (κ2) is 5.13. The second-order valence-electron chi connectivity index (χ2n) is 4.60. The van der Waals surface area contributed by atoms with Gasteiger partial charge in [-0.2, -0.15) is 0 Å². The lowest BCUT2D eigenvalue weighted by Crippen LogP contribution is -2.31. The molecular formula is C11H15ClN2O3S. The maximum absolute atomic E-state index is 12.0. The molecule has 1 aliphatic carbocycles. The van der Waals surface area contributed by atoms with Crippen molar-refractivity contribution in [3.05, 3.63) is 23.5 Å². The van der Waals surface area contributed by atoms with Gasteiger partial charge in [-0.3, -0.25) is 4.98 Å². The summed E-state index contributed by atoms with van der Waals surface area (Å²) < 4.78 is 26.6. The lowest BCUT2D eigenvalue weighted by Gasteiger charge is -2.15. The Labute approximate surface area is 111 Å². The molecule has 0 saturated heterocycles. The van der Waals surface area contributed by atoms with Gasteiger partial charge < -0.3 is 5.11 Å². The normalized spacial score (nSPS) is 17.7. The first kappa shape index (κ1) is 13.7. The van der Waals surface area contributed by atoms with Crippen LogP contribution in [0.2, 0.25) is 5.02 Å². The molecule has 0 bridgehead atoms. The third-order valence-corrected chi connectivity index (χ3v) is 5.13. The zero-order chi connectivity index (χ0) is 13.2. The average molecular weight is 291 g/mol. The van der Waals surface area contributed by atoms with Gasteiger partial charge in [0.1, 0.15) is 4.90 Å². The van der Waals surface area contributed by atoms with Crippen LogP contribution >= 0.6 is 11.6 Å². The molecule has 0 aromatic carbocycles. The highest BCUT2D eigenvalue weighted by Gasteiger charge is 2.42. The monoisotopic (exact) mass is 290 g/mol. The number of sulfonamides is 1. The van der Waals surface area contributed by atoms with Crippen molar-refractivity contribution < 1.29 is 13.5 Å². The number of rotatable bonds is 6. The molecule has 1 fully saturated rings. The van der Waals surface area contributed by atoms with Crippen molar-refractivity contribution in [3.63, 3.8) is 0 Å². The Morgan fingerprint density at radius 2 is 2.22 bits per heavy atom. The van der Waals surface area contributed by atoms with Crippen molar-refractivity contribution in [3.8, 4) is 0 Å². The van der Waals surface area contributed by atoms with Crippen LogP contribution in [0, 0.1) is 5.41 Å². The van der Waals surface area contributed by atoms with E-state index in [-0.39, 0.29) is 21.9 Å². The Bertz CT molecular complexity index is 529. The van der Waals surface area contributed by atoms with Crippen LogP contribution in [-0.4, -0.2) is 31.7 Å². The summed E-state index contributed by atoms with van der Waals surface area (Å²) >= 11 is 5.84. The molecule has 1 aromatic heterocycles. The lowest BCUT2D eigenvalue weighted by molar-refractivity contribution is 0.249. The van der Waals surface area contributed by atoms with Crippen molar-refractivity contribution in [1.29, 1.82) is 0 Å². The fourth-order valence-corrected chi connectivity index (χ4v) is 3.40. The summed E-state index contributed by atoms with van der Waals surface area (Å²) in [4.78, 5) is 3.76. The minimum Gasteiger partial charge on any atom is -0.396 e. The molecular weight excluding hydrogens is 276 g/mol. The number of aliphatic hydroxyl groups excluding tert-OH is 1. The quantitative estimate of drug-likeness (QED) is 0.824. The molecule has 0 spiro atoms. The first-order chi connectivity index (χ1) is 8.49. The topological polar surface area (TPSA) is 79.3 Å². The van der Waals surface area contributed by atoms with Crippen molar-refractivity contribution in [2.24, 2.45) is 5.41 Å². The molecule has 18 heavy (non-hydrogen) atoms. The number of halogens is 1. The third-order valence-electron chi connectivity index (χ3n) is 3.26. The first-order valence-corrected chi connectivity index (χ1v) is 7.55. The van der Waals surface area contributed by atoms with Gasteiger partial charge in [-0.05, 0) is 30.7 Å². The Balaban J connectivity index is 2.07. The number of aromatic nitrogens is 1. The molecule has 0 amide bonds. The van der Waals surface area contributed by atoms with E-state index in [2.05, 4.69) is 9.71 Å². The molecule has 2 N–H and O–H groups in total. The van der Waals surface area contributed by atoms with Gasteiger partial charge in [0.15, 0.2) is 0 Å². The van der Waals surface area contributed by atoms with Crippen LogP contribution in [0.15, 0.2) is 23.4 Å². The van der Waals surface area contributed by atoms with E-state index in [0.717, 1.165) is 12.8 Å². The van der Waals surface area contributed by atoms with Crippen LogP contribution in [0.3, 0.4) is 0 Å². The fraction of sp³-hybridized carbons (Fsp3) is 0.545. The Hall–Kier alpha value is -0.690. The summed E-state index contributed by atoms with van der Waals surface area (Å²) in [7, 11) is -3.63. The standard InChI is InChI=1S/C11H15ClN2O3S/c12-9-1-5-13-7-10(9)18(16,17)14-8-11(2-3-11)4-6-15/h1,5,7,14-15H,2-4,6,8H2. The summed E-state index contributed by atoms with van der Waals surface area (Å²) in [6.07, 6.45) is 5.18. The molecule has 100 valence electrons. The van der Waals surface area contributed by atoms with Gasteiger partial charge in [-0.1, -0.05) is 11.6 Å². The van der Waals surface area contributed by atoms with E-state index >= 15 is 0 Å². The zero-order valence-electron chi connectivity index (χ0n) is 9.76. The van der Waals surface area contributed by atoms with Gasteiger partial charge in [0.2, 0.25) is 10.0 Å².